The zero-order chi connectivity index (χ0) is 21.9. The molecule has 1 aliphatic heterocycles. The summed E-state index contributed by atoms with van der Waals surface area (Å²) in [6.07, 6.45) is 1.76. The fourth-order valence-electron chi connectivity index (χ4n) is 3.57. The molecule has 2 aromatic rings. The number of carbonyl (C=O) groups is 3. The van der Waals surface area contributed by atoms with Gasteiger partial charge in [-0.25, -0.2) is 8.42 Å². The molecule has 0 spiro atoms. The van der Waals surface area contributed by atoms with Crippen LogP contribution >= 0.6 is 0 Å². The number of hydrogen-bond acceptors (Lipinski definition) is 5. The van der Waals surface area contributed by atoms with Crippen LogP contribution in [0.5, 0.6) is 0 Å². The summed E-state index contributed by atoms with van der Waals surface area (Å²) in [5, 5.41) is 2.73. The van der Waals surface area contributed by atoms with Gasteiger partial charge in [0.2, 0.25) is 15.9 Å². The van der Waals surface area contributed by atoms with Crippen LogP contribution in [-0.2, 0) is 14.8 Å². The van der Waals surface area contributed by atoms with Crippen molar-refractivity contribution >= 4 is 33.2 Å². The highest BCUT2D eigenvalue weighted by molar-refractivity contribution is 7.89. The van der Waals surface area contributed by atoms with E-state index in [4.69, 9.17) is 0 Å². The number of nitrogens with zero attached hydrogens (tertiary/aromatic N) is 1. The van der Waals surface area contributed by atoms with Gasteiger partial charge in [0.25, 0.3) is 0 Å². The summed E-state index contributed by atoms with van der Waals surface area (Å²) in [7, 11) is -3.92. The van der Waals surface area contributed by atoms with E-state index in [9.17, 15) is 22.8 Å². The number of para-hydroxylation sites is 1. The van der Waals surface area contributed by atoms with Crippen LogP contribution in [0, 0.1) is 0 Å². The first kappa shape index (κ1) is 21.9. The van der Waals surface area contributed by atoms with Gasteiger partial charge in [0.1, 0.15) is 6.04 Å². The molecule has 1 aliphatic rings. The number of sulfonamides is 1. The minimum absolute atomic E-state index is 0.0383. The first-order valence-corrected chi connectivity index (χ1v) is 11.2. The Morgan fingerprint density at radius 2 is 1.60 bits per heavy atom. The fourth-order valence-corrected chi connectivity index (χ4v) is 5.22. The van der Waals surface area contributed by atoms with E-state index >= 15 is 0 Å². The summed E-state index contributed by atoms with van der Waals surface area (Å²) in [4.78, 5) is 36.3. The van der Waals surface area contributed by atoms with Crippen LogP contribution in [0.3, 0.4) is 0 Å². The number of nitrogens with one attached hydrogen (secondary N) is 1. The molecule has 0 aromatic heterocycles. The Balaban J connectivity index is 1.88. The Kier molecular flexibility index (Phi) is 6.48. The minimum Gasteiger partial charge on any atom is -0.324 e. The SMILES string of the molecule is CC(=O)c1ccc(S(=O)(=O)N2CCCCC2C(=O)Nc2ccccc2C(C)=O)cc1. The van der Waals surface area contributed by atoms with Gasteiger partial charge in [-0.15, -0.1) is 0 Å². The molecule has 3 rings (SSSR count). The molecule has 7 nitrogen and oxygen atoms in total. The third-order valence-electron chi connectivity index (χ3n) is 5.19. The predicted octanol–water partition coefficient (Wildman–Crippen LogP) is 3.27. The Morgan fingerprint density at radius 1 is 0.933 bits per heavy atom. The highest BCUT2D eigenvalue weighted by Crippen LogP contribution is 2.27. The van der Waals surface area contributed by atoms with E-state index in [1.165, 1.54) is 42.4 Å². The number of piperidine rings is 1. The van der Waals surface area contributed by atoms with Crippen molar-refractivity contribution < 1.29 is 22.8 Å². The number of benzene rings is 2. The molecule has 1 unspecified atom stereocenters. The van der Waals surface area contributed by atoms with E-state index < -0.39 is 22.0 Å². The van der Waals surface area contributed by atoms with E-state index in [0.717, 1.165) is 6.42 Å². The van der Waals surface area contributed by atoms with E-state index in [1.54, 1.807) is 24.3 Å². The summed E-state index contributed by atoms with van der Waals surface area (Å²) in [5.41, 5.74) is 1.15. The Morgan fingerprint density at radius 3 is 2.23 bits per heavy atom. The van der Waals surface area contributed by atoms with E-state index in [2.05, 4.69) is 5.32 Å². The lowest BCUT2D eigenvalue weighted by molar-refractivity contribution is -0.120. The van der Waals surface area contributed by atoms with E-state index in [0.29, 0.717) is 29.7 Å². The standard InChI is InChI=1S/C22H24N2O5S/c1-15(25)17-10-12-18(13-11-17)30(28,29)24-14-6-5-9-21(24)22(27)23-20-8-4-3-7-19(20)16(2)26/h3-4,7-8,10-13,21H,5-6,9,14H2,1-2H3,(H,23,27). The van der Waals surface area contributed by atoms with Crippen molar-refractivity contribution in [2.45, 2.75) is 44.0 Å². The summed E-state index contributed by atoms with van der Waals surface area (Å²) >= 11 is 0. The van der Waals surface area contributed by atoms with Gasteiger partial charge in [-0.1, -0.05) is 30.7 Å². The molecule has 1 heterocycles. The largest absolute Gasteiger partial charge is 0.324 e. The lowest BCUT2D eigenvalue weighted by Gasteiger charge is -2.33. The van der Waals surface area contributed by atoms with Gasteiger partial charge in [-0.2, -0.15) is 4.31 Å². The lowest BCUT2D eigenvalue weighted by Crippen LogP contribution is -2.49. The van der Waals surface area contributed by atoms with Crippen LogP contribution in [-0.4, -0.2) is 42.8 Å². The molecule has 1 saturated heterocycles. The average molecular weight is 429 g/mol. The number of rotatable bonds is 6. The maximum absolute atomic E-state index is 13.2. The topological polar surface area (TPSA) is 101 Å². The maximum Gasteiger partial charge on any atom is 0.243 e. The zero-order valence-corrected chi connectivity index (χ0v) is 17.7. The molecule has 1 N–H and O–H groups in total. The van der Waals surface area contributed by atoms with Crippen molar-refractivity contribution in [3.05, 3.63) is 59.7 Å². The van der Waals surface area contributed by atoms with E-state index in [-0.39, 0.29) is 23.0 Å². The van der Waals surface area contributed by atoms with Crippen LogP contribution in [0.4, 0.5) is 5.69 Å². The van der Waals surface area contributed by atoms with Crippen molar-refractivity contribution in [2.75, 3.05) is 11.9 Å². The quantitative estimate of drug-likeness (QED) is 0.712. The smallest absolute Gasteiger partial charge is 0.243 e. The second-order valence-corrected chi connectivity index (χ2v) is 9.19. The van der Waals surface area contributed by atoms with Crippen LogP contribution in [0.25, 0.3) is 0 Å². The number of ketones is 2. The highest BCUT2D eigenvalue weighted by Gasteiger charge is 2.37. The van der Waals surface area contributed by atoms with Gasteiger partial charge in [0.05, 0.1) is 10.6 Å². The number of anilines is 1. The Bertz CT molecular complexity index is 1080. The summed E-state index contributed by atoms with van der Waals surface area (Å²) in [6, 6.07) is 11.5. The van der Waals surface area contributed by atoms with Crippen molar-refractivity contribution in [3.8, 4) is 0 Å². The van der Waals surface area contributed by atoms with Gasteiger partial charge in [-0.05, 0) is 51.0 Å². The van der Waals surface area contributed by atoms with Crippen LogP contribution in [0.1, 0.15) is 53.8 Å². The van der Waals surface area contributed by atoms with Crippen LogP contribution < -0.4 is 5.32 Å². The normalized spacial score (nSPS) is 17.3. The monoisotopic (exact) mass is 428 g/mol. The van der Waals surface area contributed by atoms with Gasteiger partial charge in [-0.3, -0.25) is 14.4 Å². The molecule has 0 bridgehead atoms. The molecule has 1 amide bonds. The lowest BCUT2D eigenvalue weighted by atomic mass is 10.0. The molecule has 1 atom stereocenters. The van der Waals surface area contributed by atoms with Gasteiger partial charge < -0.3 is 5.32 Å². The highest BCUT2D eigenvalue weighted by atomic mass is 32.2. The van der Waals surface area contributed by atoms with Crippen LogP contribution in [0.2, 0.25) is 0 Å². The minimum atomic E-state index is -3.92. The molecule has 158 valence electrons. The Labute approximate surface area is 176 Å². The molecule has 2 aromatic carbocycles. The fraction of sp³-hybridized carbons (Fsp3) is 0.318. The third kappa shape index (κ3) is 4.49. The summed E-state index contributed by atoms with van der Waals surface area (Å²) < 4.78 is 27.6. The first-order chi connectivity index (χ1) is 14.2. The molecule has 0 aliphatic carbocycles. The predicted molar refractivity (Wildman–Crippen MR) is 113 cm³/mol. The molecule has 1 fully saturated rings. The number of hydrogen-bond donors (Lipinski definition) is 1. The number of amides is 1. The Hall–Kier alpha value is -2.84. The maximum atomic E-state index is 13.2. The van der Waals surface area contributed by atoms with Gasteiger partial charge >= 0.3 is 0 Å². The second-order valence-electron chi connectivity index (χ2n) is 7.30. The molecule has 0 saturated carbocycles. The molecular formula is C22H24N2O5S. The molecule has 0 radical (unpaired) electrons. The second kappa shape index (κ2) is 8.89. The third-order valence-corrected chi connectivity index (χ3v) is 7.11. The van der Waals surface area contributed by atoms with Crippen molar-refractivity contribution in [1.29, 1.82) is 0 Å². The molecule has 30 heavy (non-hydrogen) atoms. The van der Waals surface area contributed by atoms with Crippen LogP contribution in [0.15, 0.2) is 53.4 Å². The number of carbonyl (C=O) groups excluding carboxylic acids is 3. The first-order valence-electron chi connectivity index (χ1n) is 9.75. The zero-order valence-electron chi connectivity index (χ0n) is 16.9. The number of Topliss-reactive ketones (excluding diaryl/α,β-unsaturated/α-hetero) is 2. The molecular weight excluding hydrogens is 404 g/mol. The van der Waals surface area contributed by atoms with Gasteiger partial charge in [0.15, 0.2) is 11.6 Å². The average Bonchev–Trinajstić information content (AvgIpc) is 2.74. The summed E-state index contributed by atoms with van der Waals surface area (Å²) in [6.45, 7) is 3.05. The van der Waals surface area contributed by atoms with Crippen molar-refractivity contribution in [2.24, 2.45) is 0 Å². The van der Waals surface area contributed by atoms with Crippen molar-refractivity contribution in [3.63, 3.8) is 0 Å². The summed E-state index contributed by atoms with van der Waals surface area (Å²) in [5.74, 6) is -0.810. The molecule has 8 heteroatoms. The van der Waals surface area contributed by atoms with E-state index in [1.807, 2.05) is 0 Å². The van der Waals surface area contributed by atoms with Gasteiger partial charge in [0, 0.05) is 17.7 Å². The van der Waals surface area contributed by atoms with Crippen molar-refractivity contribution in [1.82, 2.24) is 4.31 Å².